The van der Waals surface area contributed by atoms with E-state index in [1.807, 2.05) is 30.3 Å². The minimum atomic E-state index is -0.344. The van der Waals surface area contributed by atoms with Gasteiger partial charge in [-0.1, -0.05) is 30.3 Å². The summed E-state index contributed by atoms with van der Waals surface area (Å²) >= 11 is 0. The third kappa shape index (κ3) is 2.66. The van der Waals surface area contributed by atoms with Crippen LogP contribution in [0.1, 0.15) is 37.3 Å². The molecule has 2 fully saturated rings. The Labute approximate surface area is 160 Å². The second-order valence-corrected chi connectivity index (χ2v) is 8.11. The number of rotatable bonds is 4. The van der Waals surface area contributed by atoms with Crippen LogP contribution in [-0.2, 0) is 0 Å². The quantitative estimate of drug-likeness (QED) is 0.530. The van der Waals surface area contributed by atoms with Gasteiger partial charge in [0, 0.05) is 23.4 Å². The first kappa shape index (κ1) is 16.9. The molecule has 0 amide bonds. The van der Waals surface area contributed by atoms with Gasteiger partial charge in [0.15, 0.2) is 0 Å². The SMILES string of the molecule is O=c1[nH]nc(C2CC3(CC(Nc4ccccc4[N+](=O)[O-])C3)C2)c2ccccc12. The molecule has 0 bridgehead atoms. The summed E-state index contributed by atoms with van der Waals surface area (Å²) in [5, 5.41) is 23.1. The van der Waals surface area contributed by atoms with Crippen molar-refractivity contribution in [2.75, 3.05) is 5.32 Å². The summed E-state index contributed by atoms with van der Waals surface area (Å²) in [7, 11) is 0. The fraction of sp³-hybridized carbons (Fsp3) is 0.333. The van der Waals surface area contributed by atoms with Gasteiger partial charge in [-0.15, -0.1) is 0 Å². The van der Waals surface area contributed by atoms with Crippen LogP contribution in [0.4, 0.5) is 11.4 Å². The summed E-state index contributed by atoms with van der Waals surface area (Å²) in [5.74, 6) is 0.355. The highest BCUT2D eigenvalue weighted by Crippen LogP contribution is 2.62. The molecule has 28 heavy (non-hydrogen) atoms. The van der Waals surface area contributed by atoms with Gasteiger partial charge in [0.05, 0.1) is 16.0 Å². The first-order valence-corrected chi connectivity index (χ1v) is 9.52. The Morgan fingerprint density at radius 3 is 2.46 bits per heavy atom. The molecule has 1 spiro atoms. The van der Waals surface area contributed by atoms with E-state index < -0.39 is 0 Å². The van der Waals surface area contributed by atoms with Crippen molar-refractivity contribution in [3.05, 3.63) is 74.7 Å². The van der Waals surface area contributed by atoms with Gasteiger partial charge in [-0.3, -0.25) is 14.9 Å². The molecule has 2 N–H and O–H groups in total. The third-order valence-corrected chi connectivity index (χ3v) is 6.29. The van der Waals surface area contributed by atoms with E-state index in [4.69, 9.17) is 0 Å². The number of nitro groups is 1. The number of hydrogen-bond acceptors (Lipinski definition) is 5. The number of fused-ring (bicyclic) bond motifs is 1. The number of anilines is 1. The summed E-state index contributed by atoms with van der Waals surface area (Å²) in [4.78, 5) is 22.8. The van der Waals surface area contributed by atoms with Crippen molar-refractivity contribution in [3.63, 3.8) is 0 Å². The molecule has 0 radical (unpaired) electrons. The van der Waals surface area contributed by atoms with Crippen molar-refractivity contribution in [1.82, 2.24) is 10.2 Å². The van der Waals surface area contributed by atoms with Gasteiger partial charge < -0.3 is 5.32 Å². The summed E-state index contributed by atoms with van der Waals surface area (Å²) in [6.45, 7) is 0. The zero-order valence-corrected chi connectivity index (χ0v) is 15.2. The lowest BCUT2D eigenvalue weighted by Crippen LogP contribution is -2.52. The lowest BCUT2D eigenvalue weighted by Gasteiger charge is -2.58. The molecule has 0 saturated heterocycles. The molecule has 2 saturated carbocycles. The van der Waals surface area contributed by atoms with Crippen molar-refractivity contribution in [3.8, 4) is 0 Å². The molecule has 1 heterocycles. The van der Waals surface area contributed by atoms with E-state index in [9.17, 15) is 14.9 Å². The van der Waals surface area contributed by atoms with E-state index in [0.29, 0.717) is 22.4 Å². The lowest BCUT2D eigenvalue weighted by atomic mass is 9.49. The molecule has 0 aliphatic heterocycles. The van der Waals surface area contributed by atoms with Crippen molar-refractivity contribution in [2.45, 2.75) is 37.6 Å². The monoisotopic (exact) mass is 376 g/mol. The fourth-order valence-electron chi connectivity index (χ4n) is 5.02. The van der Waals surface area contributed by atoms with Crippen LogP contribution in [-0.4, -0.2) is 21.2 Å². The molecule has 7 nitrogen and oxygen atoms in total. The molecule has 2 aromatic carbocycles. The van der Waals surface area contributed by atoms with E-state index in [1.165, 1.54) is 6.07 Å². The molecule has 1 aromatic heterocycles. The molecule has 0 unspecified atom stereocenters. The van der Waals surface area contributed by atoms with Gasteiger partial charge >= 0.3 is 0 Å². The largest absolute Gasteiger partial charge is 0.377 e. The van der Waals surface area contributed by atoms with Crippen LogP contribution in [0.5, 0.6) is 0 Å². The normalized spacial score (nSPS) is 25.9. The fourth-order valence-corrected chi connectivity index (χ4v) is 5.02. The standard InChI is InChI=1S/C21H20N4O3/c26-20-16-6-2-1-5-15(16)19(23-24-20)13-9-21(10-13)11-14(12-21)22-17-7-3-4-8-18(17)25(27)28/h1-8,13-14,22H,9-12H2,(H,24,26). The molecular formula is C21H20N4O3. The Balaban J connectivity index is 1.27. The number of benzene rings is 2. The maximum absolute atomic E-state index is 12.0. The number of nitro benzene ring substituents is 1. The van der Waals surface area contributed by atoms with Crippen molar-refractivity contribution < 1.29 is 4.92 Å². The van der Waals surface area contributed by atoms with Gasteiger partial charge in [-0.05, 0) is 43.2 Å². The Morgan fingerprint density at radius 1 is 1.04 bits per heavy atom. The zero-order valence-electron chi connectivity index (χ0n) is 15.2. The second kappa shape index (κ2) is 6.15. The van der Waals surface area contributed by atoms with E-state index in [2.05, 4.69) is 15.5 Å². The summed E-state index contributed by atoms with van der Waals surface area (Å²) in [6.07, 6.45) is 4.11. The first-order valence-electron chi connectivity index (χ1n) is 9.52. The van der Waals surface area contributed by atoms with Gasteiger partial charge in [0.25, 0.3) is 11.2 Å². The first-order chi connectivity index (χ1) is 13.5. The topological polar surface area (TPSA) is 101 Å². The number of hydrogen-bond donors (Lipinski definition) is 2. The minimum Gasteiger partial charge on any atom is -0.377 e. The maximum atomic E-state index is 12.0. The molecule has 5 rings (SSSR count). The van der Waals surface area contributed by atoms with Crippen LogP contribution >= 0.6 is 0 Å². The highest BCUT2D eigenvalue weighted by Gasteiger charge is 2.54. The molecule has 0 atom stereocenters. The molecule has 142 valence electrons. The number of para-hydroxylation sites is 2. The predicted molar refractivity (Wildman–Crippen MR) is 107 cm³/mol. The van der Waals surface area contributed by atoms with E-state index in [-0.39, 0.29) is 22.2 Å². The van der Waals surface area contributed by atoms with Crippen LogP contribution in [0.15, 0.2) is 53.3 Å². The van der Waals surface area contributed by atoms with E-state index in [0.717, 1.165) is 36.8 Å². The number of aromatic nitrogens is 2. The zero-order chi connectivity index (χ0) is 19.3. The maximum Gasteiger partial charge on any atom is 0.292 e. The number of nitrogens with one attached hydrogen (secondary N) is 2. The van der Waals surface area contributed by atoms with Crippen molar-refractivity contribution in [2.24, 2.45) is 5.41 Å². The summed E-state index contributed by atoms with van der Waals surface area (Å²) in [5.41, 5.74) is 1.85. The number of nitrogens with zero attached hydrogens (tertiary/aromatic N) is 2. The van der Waals surface area contributed by atoms with Crippen LogP contribution in [0.25, 0.3) is 10.8 Å². The second-order valence-electron chi connectivity index (χ2n) is 8.11. The Hall–Kier alpha value is -3.22. The predicted octanol–water partition coefficient (Wildman–Crippen LogP) is 3.97. The van der Waals surface area contributed by atoms with Crippen LogP contribution in [0.2, 0.25) is 0 Å². The average molecular weight is 376 g/mol. The van der Waals surface area contributed by atoms with Gasteiger partial charge in [0.1, 0.15) is 5.69 Å². The van der Waals surface area contributed by atoms with Crippen molar-refractivity contribution in [1.29, 1.82) is 0 Å². The number of aromatic amines is 1. The summed E-state index contributed by atoms with van der Waals surface area (Å²) < 4.78 is 0. The van der Waals surface area contributed by atoms with Gasteiger partial charge in [-0.2, -0.15) is 5.10 Å². The highest BCUT2D eigenvalue weighted by molar-refractivity contribution is 5.84. The van der Waals surface area contributed by atoms with Gasteiger partial charge in [-0.25, -0.2) is 5.10 Å². The Kier molecular flexibility index (Phi) is 3.72. The van der Waals surface area contributed by atoms with Gasteiger partial charge in [0.2, 0.25) is 0 Å². The van der Waals surface area contributed by atoms with E-state index in [1.54, 1.807) is 12.1 Å². The van der Waals surface area contributed by atoms with Crippen LogP contribution in [0, 0.1) is 15.5 Å². The molecule has 7 heteroatoms. The van der Waals surface area contributed by atoms with Crippen LogP contribution in [0.3, 0.4) is 0 Å². The molecule has 2 aliphatic carbocycles. The molecule has 2 aliphatic rings. The lowest BCUT2D eigenvalue weighted by molar-refractivity contribution is -0.384. The Morgan fingerprint density at radius 2 is 1.71 bits per heavy atom. The van der Waals surface area contributed by atoms with Crippen LogP contribution < -0.4 is 10.9 Å². The third-order valence-electron chi connectivity index (χ3n) is 6.29. The highest BCUT2D eigenvalue weighted by atomic mass is 16.6. The molecular weight excluding hydrogens is 356 g/mol. The molecule has 3 aromatic rings. The summed E-state index contributed by atoms with van der Waals surface area (Å²) in [6, 6.07) is 14.7. The number of H-pyrrole nitrogens is 1. The average Bonchev–Trinajstić information content (AvgIpc) is 2.64. The smallest absolute Gasteiger partial charge is 0.292 e. The van der Waals surface area contributed by atoms with E-state index >= 15 is 0 Å². The van der Waals surface area contributed by atoms with Crippen molar-refractivity contribution >= 4 is 22.1 Å². The Bertz CT molecular complexity index is 1130. The minimum absolute atomic E-state index is 0.124.